The third kappa shape index (κ3) is 4.82. The van der Waals surface area contributed by atoms with Crippen molar-refractivity contribution >= 4 is 5.91 Å². The van der Waals surface area contributed by atoms with Gasteiger partial charge in [0.05, 0.1) is 6.54 Å². The number of carbonyl (C=O) groups excluding carboxylic acids is 1. The zero-order valence-electron chi connectivity index (χ0n) is 12.3. The Bertz CT molecular complexity index is 458. The second-order valence-electron chi connectivity index (χ2n) is 5.71. The Morgan fingerprint density at radius 3 is 2.40 bits per heavy atom. The van der Waals surface area contributed by atoms with Crippen LogP contribution in [0.25, 0.3) is 0 Å². The molecule has 0 radical (unpaired) electrons. The van der Waals surface area contributed by atoms with Crippen LogP contribution in [0.1, 0.15) is 30.9 Å². The van der Waals surface area contributed by atoms with Crippen molar-refractivity contribution in [3.05, 3.63) is 47.5 Å². The Morgan fingerprint density at radius 2 is 1.80 bits per heavy atom. The molecule has 20 heavy (non-hydrogen) atoms. The number of likely N-dealkylation sites (tertiary alicyclic amines) is 1. The van der Waals surface area contributed by atoms with Crippen molar-refractivity contribution in [3.8, 4) is 0 Å². The van der Waals surface area contributed by atoms with Crippen molar-refractivity contribution in [1.29, 1.82) is 0 Å². The van der Waals surface area contributed by atoms with E-state index < -0.39 is 0 Å². The molecule has 1 aromatic carbocycles. The number of carbonyl (C=O) groups is 1. The van der Waals surface area contributed by atoms with Crippen LogP contribution >= 0.6 is 0 Å². The normalized spacial score (nSPS) is 15.2. The molecule has 0 unspecified atom stereocenters. The quantitative estimate of drug-likeness (QED) is 0.807. The van der Waals surface area contributed by atoms with Crippen LogP contribution in [0.2, 0.25) is 0 Å². The third-order valence-corrected chi connectivity index (χ3v) is 3.58. The van der Waals surface area contributed by atoms with Crippen LogP contribution in [0.5, 0.6) is 0 Å². The summed E-state index contributed by atoms with van der Waals surface area (Å²) in [6.45, 7) is 9.22. The zero-order valence-corrected chi connectivity index (χ0v) is 12.3. The summed E-state index contributed by atoms with van der Waals surface area (Å²) in [5, 5.41) is 2.99. The third-order valence-electron chi connectivity index (χ3n) is 3.58. The summed E-state index contributed by atoms with van der Waals surface area (Å²) in [5.74, 6) is 0.123. The van der Waals surface area contributed by atoms with E-state index >= 15 is 0 Å². The number of amides is 1. The maximum absolute atomic E-state index is 11.8. The van der Waals surface area contributed by atoms with Crippen LogP contribution in [0.15, 0.2) is 36.4 Å². The van der Waals surface area contributed by atoms with E-state index in [0.29, 0.717) is 13.1 Å². The molecule has 1 heterocycles. The van der Waals surface area contributed by atoms with E-state index in [-0.39, 0.29) is 5.91 Å². The lowest BCUT2D eigenvalue weighted by molar-refractivity contribution is -0.122. The standard InChI is InChI=1S/C17H24N2O/c1-14(2)11-15-5-7-16(8-6-15)12-18-17(20)13-19-9-3-4-10-19/h5-8H,1,3-4,9-13H2,2H3,(H,18,20). The van der Waals surface area contributed by atoms with Crippen molar-refractivity contribution < 1.29 is 4.79 Å². The molecule has 0 atom stereocenters. The van der Waals surface area contributed by atoms with Crippen LogP contribution in [-0.2, 0) is 17.8 Å². The predicted octanol–water partition coefficient (Wildman–Crippen LogP) is 2.52. The Morgan fingerprint density at radius 1 is 1.20 bits per heavy atom. The van der Waals surface area contributed by atoms with Gasteiger partial charge in [0.2, 0.25) is 5.91 Å². The van der Waals surface area contributed by atoms with E-state index in [4.69, 9.17) is 0 Å². The molecule has 0 aliphatic carbocycles. The molecule has 0 spiro atoms. The van der Waals surface area contributed by atoms with Crippen LogP contribution in [0.4, 0.5) is 0 Å². The molecule has 1 aliphatic rings. The number of nitrogens with zero attached hydrogens (tertiary/aromatic N) is 1. The molecular formula is C17H24N2O. The fourth-order valence-electron chi connectivity index (χ4n) is 2.52. The first-order chi connectivity index (χ1) is 9.63. The topological polar surface area (TPSA) is 32.3 Å². The molecule has 0 aromatic heterocycles. The monoisotopic (exact) mass is 272 g/mol. The molecule has 1 aromatic rings. The summed E-state index contributed by atoms with van der Waals surface area (Å²) in [4.78, 5) is 14.0. The van der Waals surface area contributed by atoms with Gasteiger partial charge in [0.15, 0.2) is 0 Å². The molecule has 0 bridgehead atoms. The van der Waals surface area contributed by atoms with Gasteiger partial charge in [-0.2, -0.15) is 0 Å². The van der Waals surface area contributed by atoms with Gasteiger partial charge in [-0.25, -0.2) is 0 Å². The van der Waals surface area contributed by atoms with Crippen LogP contribution in [-0.4, -0.2) is 30.4 Å². The van der Waals surface area contributed by atoms with E-state index in [0.717, 1.165) is 30.6 Å². The second-order valence-corrected chi connectivity index (χ2v) is 5.71. The summed E-state index contributed by atoms with van der Waals surface area (Å²) in [5.41, 5.74) is 3.58. The molecule has 1 amide bonds. The van der Waals surface area contributed by atoms with Crippen molar-refractivity contribution in [2.24, 2.45) is 0 Å². The molecule has 3 heteroatoms. The van der Waals surface area contributed by atoms with Gasteiger partial charge in [-0.1, -0.05) is 36.4 Å². The average Bonchev–Trinajstić information content (AvgIpc) is 2.90. The summed E-state index contributed by atoms with van der Waals surface area (Å²) in [7, 11) is 0. The first-order valence-electron chi connectivity index (χ1n) is 7.35. The van der Waals surface area contributed by atoms with Crippen LogP contribution in [0, 0.1) is 0 Å². The van der Waals surface area contributed by atoms with Crippen molar-refractivity contribution in [1.82, 2.24) is 10.2 Å². The van der Waals surface area contributed by atoms with Gasteiger partial charge < -0.3 is 5.32 Å². The maximum Gasteiger partial charge on any atom is 0.234 e. The molecule has 1 aliphatic heterocycles. The maximum atomic E-state index is 11.8. The summed E-state index contributed by atoms with van der Waals surface area (Å²) < 4.78 is 0. The van der Waals surface area contributed by atoms with E-state index in [9.17, 15) is 4.79 Å². The van der Waals surface area contributed by atoms with Crippen LogP contribution < -0.4 is 5.32 Å². The van der Waals surface area contributed by atoms with Gasteiger partial charge in [-0.15, -0.1) is 0 Å². The molecule has 3 nitrogen and oxygen atoms in total. The Labute approximate surface area is 121 Å². The van der Waals surface area contributed by atoms with E-state index in [2.05, 4.69) is 41.1 Å². The first-order valence-corrected chi connectivity index (χ1v) is 7.35. The first kappa shape index (κ1) is 14.8. The average molecular weight is 272 g/mol. The van der Waals surface area contributed by atoms with Crippen LogP contribution in [0.3, 0.4) is 0 Å². The predicted molar refractivity (Wildman–Crippen MR) is 82.5 cm³/mol. The fraction of sp³-hybridized carbons (Fsp3) is 0.471. The number of hydrogen-bond acceptors (Lipinski definition) is 2. The number of nitrogens with one attached hydrogen (secondary N) is 1. The number of rotatable bonds is 6. The molecule has 2 rings (SSSR count). The van der Waals surface area contributed by atoms with Gasteiger partial charge in [0.25, 0.3) is 0 Å². The van der Waals surface area contributed by atoms with Gasteiger partial charge in [0, 0.05) is 6.54 Å². The molecule has 1 fully saturated rings. The number of hydrogen-bond donors (Lipinski definition) is 1. The van der Waals surface area contributed by atoms with Crippen molar-refractivity contribution in [2.45, 2.75) is 32.7 Å². The van der Waals surface area contributed by atoms with Gasteiger partial charge >= 0.3 is 0 Å². The lowest BCUT2D eigenvalue weighted by Crippen LogP contribution is -2.35. The summed E-state index contributed by atoms with van der Waals surface area (Å²) >= 11 is 0. The van der Waals surface area contributed by atoms with E-state index in [1.807, 2.05) is 6.92 Å². The Balaban J connectivity index is 1.75. The van der Waals surface area contributed by atoms with E-state index in [1.54, 1.807) is 0 Å². The minimum atomic E-state index is 0.123. The molecule has 1 N–H and O–H groups in total. The Kier molecular flexibility index (Phi) is 5.36. The minimum absolute atomic E-state index is 0.123. The van der Waals surface area contributed by atoms with Gasteiger partial charge in [-0.05, 0) is 50.4 Å². The minimum Gasteiger partial charge on any atom is -0.351 e. The highest BCUT2D eigenvalue weighted by Gasteiger charge is 2.14. The van der Waals surface area contributed by atoms with Crippen molar-refractivity contribution in [3.63, 3.8) is 0 Å². The molecular weight excluding hydrogens is 248 g/mol. The highest BCUT2D eigenvalue weighted by molar-refractivity contribution is 5.78. The van der Waals surface area contributed by atoms with Gasteiger partial charge in [-0.3, -0.25) is 9.69 Å². The second kappa shape index (κ2) is 7.25. The summed E-state index contributed by atoms with van der Waals surface area (Å²) in [6.07, 6.45) is 3.36. The number of benzene rings is 1. The smallest absolute Gasteiger partial charge is 0.234 e. The SMILES string of the molecule is C=C(C)Cc1ccc(CNC(=O)CN2CCCC2)cc1. The highest BCUT2D eigenvalue weighted by atomic mass is 16.2. The lowest BCUT2D eigenvalue weighted by atomic mass is 10.1. The molecule has 1 saturated heterocycles. The zero-order chi connectivity index (χ0) is 14.4. The summed E-state index contributed by atoms with van der Waals surface area (Å²) in [6, 6.07) is 8.37. The lowest BCUT2D eigenvalue weighted by Gasteiger charge is -2.14. The number of allylic oxidation sites excluding steroid dienone is 1. The molecule has 0 saturated carbocycles. The molecule has 108 valence electrons. The highest BCUT2D eigenvalue weighted by Crippen LogP contribution is 2.09. The fourth-order valence-corrected chi connectivity index (χ4v) is 2.52. The van der Waals surface area contributed by atoms with Crippen molar-refractivity contribution in [2.75, 3.05) is 19.6 Å². The largest absolute Gasteiger partial charge is 0.351 e. The van der Waals surface area contributed by atoms with Gasteiger partial charge in [0.1, 0.15) is 0 Å². The van der Waals surface area contributed by atoms with E-state index in [1.165, 1.54) is 18.4 Å². The Hall–Kier alpha value is -1.61.